The third-order valence-corrected chi connectivity index (χ3v) is 4.92. The monoisotopic (exact) mass is 367 g/mol. The van der Waals surface area contributed by atoms with E-state index in [9.17, 15) is 4.79 Å². The molecular weight excluding hydrogens is 346 g/mol. The predicted octanol–water partition coefficient (Wildman–Crippen LogP) is 2.73. The van der Waals surface area contributed by atoms with E-state index in [1.54, 1.807) is 7.11 Å². The first-order valence-electron chi connectivity index (χ1n) is 8.86. The van der Waals surface area contributed by atoms with E-state index in [0.29, 0.717) is 17.9 Å². The standard InChI is InChI=1S/C21H21NO5/c1-24-16-3-4-17-13(7-16)5-6-22-18(17)8-14-9-19-20(27-12-26-19)10-15(14)11-21(23)25-2/h3-4,7,9-10H,5-6,8,11-12H2,1-2H3. The third-order valence-electron chi connectivity index (χ3n) is 4.92. The second-order valence-electron chi connectivity index (χ2n) is 6.51. The van der Waals surface area contributed by atoms with Crippen LogP contribution in [0.15, 0.2) is 35.3 Å². The molecule has 0 saturated heterocycles. The van der Waals surface area contributed by atoms with E-state index in [1.165, 1.54) is 12.7 Å². The molecule has 0 radical (unpaired) electrons. The van der Waals surface area contributed by atoms with Crippen LogP contribution in [-0.4, -0.2) is 39.2 Å². The summed E-state index contributed by atoms with van der Waals surface area (Å²) < 4.78 is 21.2. The normalized spacial score (nSPS) is 14.4. The average Bonchev–Trinajstić information content (AvgIpc) is 3.15. The summed E-state index contributed by atoms with van der Waals surface area (Å²) >= 11 is 0. The lowest BCUT2D eigenvalue weighted by atomic mass is 9.91. The highest BCUT2D eigenvalue weighted by Crippen LogP contribution is 2.36. The van der Waals surface area contributed by atoms with Crippen molar-refractivity contribution in [3.8, 4) is 17.2 Å². The third kappa shape index (κ3) is 3.47. The lowest BCUT2D eigenvalue weighted by molar-refractivity contribution is -0.139. The topological polar surface area (TPSA) is 66.4 Å². The van der Waals surface area contributed by atoms with Gasteiger partial charge in [0.05, 0.1) is 20.6 Å². The summed E-state index contributed by atoms with van der Waals surface area (Å²) in [5.41, 5.74) is 5.23. The molecule has 0 bridgehead atoms. The number of esters is 1. The van der Waals surface area contributed by atoms with E-state index < -0.39 is 0 Å². The number of methoxy groups -OCH3 is 2. The number of hydrogen-bond donors (Lipinski definition) is 0. The van der Waals surface area contributed by atoms with Gasteiger partial charge in [-0.1, -0.05) is 0 Å². The minimum Gasteiger partial charge on any atom is -0.497 e. The molecule has 4 rings (SSSR count). The van der Waals surface area contributed by atoms with Crippen molar-refractivity contribution >= 4 is 11.7 Å². The van der Waals surface area contributed by atoms with Gasteiger partial charge in [0.25, 0.3) is 0 Å². The van der Waals surface area contributed by atoms with E-state index in [-0.39, 0.29) is 19.2 Å². The first kappa shape index (κ1) is 17.4. The van der Waals surface area contributed by atoms with Gasteiger partial charge in [-0.05, 0) is 59.0 Å². The van der Waals surface area contributed by atoms with Crippen LogP contribution < -0.4 is 14.2 Å². The molecule has 6 nitrogen and oxygen atoms in total. The Morgan fingerprint density at radius 3 is 2.63 bits per heavy atom. The number of fused-ring (bicyclic) bond motifs is 2. The van der Waals surface area contributed by atoms with Gasteiger partial charge in [0.15, 0.2) is 11.5 Å². The Labute approximate surface area is 157 Å². The average molecular weight is 367 g/mol. The number of carbonyl (C=O) groups excluding carboxylic acids is 1. The summed E-state index contributed by atoms with van der Waals surface area (Å²) in [6.07, 6.45) is 1.69. The van der Waals surface area contributed by atoms with Crippen molar-refractivity contribution in [3.05, 3.63) is 52.6 Å². The molecule has 0 atom stereocenters. The Hall–Kier alpha value is -3.02. The van der Waals surface area contributed by atoms with Crippen LogP contribution in [-0.2, 0) is 28.8 Å². The molecule has 6 heteroatoms. The van der Waals surface area contributed by atoms with Crippen LogP contribution in [0.4, 0.5) is 0 Å². The predicted molar refractivity (Wildman–Crippen MR) is 100 cm³/mol. The van der Waals surface area contributed by atoms with E-state index >= 15 is 0 Å². The largest absolute Gasteiger partial charge is 0.497 e. The van der Waals surface area contributed by atoms with Gasteiger partial charge in [0.2, 0.25) is 6.79 Å². The van der Waals surface area contributed by atoms with Gasteiger partial charge in [0, 0.05) is 18.7 Å². The lowest BCUT2D eigenvalue weighted by Gasteiger charge is -2.19. The summed E-state index contributed by atoms with van der Waals surface area (Å²) in [6, 6.07) is 9.89. The second kappa shape index (κ2) is 7.31. The SMILES string of the molecule is COC(=O)Cc1cc2c(cc1CC1=NCCc3cc(OC)ccc31)OCO2. The highest BCUT2D eigenvalue weighted by atomic mass is 16.7. The smallest absolute Gasteiger partial charge is 0.309 e. The Kier molecular flexibility index (Phi) is 4.71. The zero-order valence-corrected chi connectivity index (χ0v) is 15.4. The van der Waals surface area contributed by atoms with Crippen molar-refractivity contribution in [2.75, 3.05) is 27.6 Å². The van der Waals surface area contributed by atoms with Crippen LogP contribution in [0.3, 0.4) is 0 Å². The van der Waals surface area contributed by atoms with Gasteiger partial charge >= 0.3 is 5.97 Å². The molecular formula is C21H21NO5. The zero-order chi connectivity index (χ0) is 18.8. The fraction of sp³-hybridized carbons (Fsp3) is 0.333. The van der Waals surface area contributed by atoms with Gasteiger partial charge in [-0.25, -0.2) is 0 Å². The summed E-state index contributed by atoms with van der Waals surface area (Å²) in [6.45, 7) is 0.937. The molecule has 2 aromatic rings. The Bertz CT molecular complexity index is 919. The molecule has 0 aliphatic carbocycles. The van der Waals surface area contributed by atoms with Gasteiger partial charge in [-0.2, -0.15) is 0 Å². The van der Waals surface area contributed by atoms with Crippen LogP contribution in [0.25, 0.3) is 0 Å². The molecule has 27 heavy (non-hydrogen) atoms. The van der Waals surface area contributed by atoms with Crippen LogP contribution in [0.1, 0.15) is 22.3 Å². The van der Waals surface area contributed by atoms with E-state index in [0.717, 1.165) is 41.1 Å². The van der Waals surface area contributed by atoms with Gasteiger partial charge in [-0.3, -0.25) is 9.79 Å². The molecule has 2 aliphatic heterocycles. The number of aliphatic imine (C=N–C) groups is 1. The molecule has 0 aromatic heterocycles. The number of carbonyl (C=O) groups is 1. The fourth-order valence-corrected chi connectivity index (χ4v) is 3.50. The highest BCUT2D eigenvalue weighted by Gasteiger charge is 2.22. The quantitative estimate of drug-likeness (QED) is 0.760. The molecule has 0 N–H and O–H groups in total. The molecule has 2 heterocycles. The van der Waals surface area contributed by atoms with Crippen molar-refractivity contribution < 1.29 is 23.7 Å². The molecule has 140 valence electrons. The number of ether oxygens (including phenoxy) is 4. The van der Waals surface area contributed by atoms with Gasteiger partial charge in [0.1, 0.15) is 5.75 Å². The Balaban J connectivity index is 1.68. The minimum atomic E-state index is -0.286. The van der Waals surface area contributed by atoms with Crippen molar-refractivity contribution in [1.82, 2.24) is 0 Å². The van der Waals surface area contributed by atoms with E-state index in [4.69, 9.17) is 23.9 Å². The minimum absolute atomic E-state index is 0.186. The maximum Gasteiger partial charge on any atom is 0.309 e. The van der Waals surface area contributed by atoms with E-state index in [2.05, 4.69) is 12.1 Å². The van der Waals surface area contributed by atoms with Crippen molar-refractivity contribution in [1.29, 1.82) is 0 Å². The van der Waals surface area contributed by atoms with Crippen LogP contribution in [0.2, 0.25) is 0 Å². The van der Waals surface area contributed by atoms with Crippen LogP contribution >= 0.6 is 0 Å². The van der Waals surface area contributed by atoms with Crippen molar-refractivity contribution in [2.45, 2.75) is 19.3 Å². The molecule has 0 unspecified atom stereocenters. The number of benzene rings is 2. The summed E-state index contributed by atoms with van der Waals surface area (Å²) in [4.78, 5) is 16.6. The number of rotatable bonds is 5. The second-order valence-corrected chi connectivity index (χ2v) is 6.51. The Morgan fingerprint density at radius 2 is 1.89 bits per heavy atom. The molecule has 0 saturated carbocycles. The molecule has 0 amide bonds. The first-order chi connectivity index (χ1) is 13.2. The van der Waals surface area contributed by atoms with E-state index in [1.807, 2.05) is 18.2 Å². The maximum atomic E-state index is 11.9. The lowest BCUT2D eigenvalue weighted by Crippen LogP contribution is -2.17. The molecule has 0 spiro atoms. The number of hydrogen-bond acceptors (Lipinski definition) is 6. The van der Waals surface area contributed by atoms with Gasteiger partial charge < -0.3 is 18.9 Å². The van der Waals surface area contributed by atoms with Crippen LogP contribution in [0, 0.1) is 0 Å². The molecule has 2 aliphatic rings. The fourth-order valence-electron chi connectivity index (χ4n) is 3.50. The maximum absolute atomic E-state index is 11.9. The summed E-state index contributed by atoms with van der Waals surface area (Å²) in [5, 5.41) is 0. The zero-order valence-electron chi connectivity index (χ0n) is 15.4. The molecule has 2 aromatic carbocycles. The summed E-state index contributed by atoms with van der Waals surface area (Å²) in [7, 11) is 3.06. The summed E-state index contributed by atoms with van der Waals surface area (Å²) in [5.74, 6) is 1.92. The van der Waals surface area contributed by atoms with Crippen molar-refractivity contribution in [2.24, 2.45) is 4.99 Å². The first-order valence-corrected chi connectivity index (χ1v) is 8.86. The van der Waals surface area contributed by atoms with Gasteiger partial charge in [-0.15, -0.1) is 0 Å². The van der Waals surface area contributed by atoms with Crippen LogP contribution in [0.5, 0.6) is 17.2 Å². The highest BCUT2D eigenvalue weighted by molar-refractivity contribution is 6.04. The van der Waals surface area contributed by atoms with Crippen molar-refractivity contribution in [3.63, 3.8) is 0 Å². The Morgan fingerprint density at radius 1 is 1.11 bits per heavy atom. The number of nitrogens with zero attached hydrogens (tertiary/aromatic N) is 1. The molecule has 0 fully saturated rings.